The molecule has 1 aromatic carbocycles. The van der Waals surface area contributed by atoms with Gasteiger partial charge >= 0.3 is 0 Å². The second kappa shape index (κ2) is 8.14. The number of nitrogens with one attached hydrogen (secondary N) is 1. The first kappa shape index (κ1) is 19.2. The smallest absolute Gasteiger partial charge is 0.255 e. The molecule has 156 valence electrons. The van der Waals surface area contributed by atoms with E-state index in [9.17, 15) is 4.79 Å². The Hall–Kier alpha value is -1.81. The maximum Gasteiger partial charge on any atom is 0.255 e. The molecule has 4 heteroatoms. The lowest BCUT2D eigenvalue weighted by molar-refractivity contribution is 0.0624. The Morgan fingerprint density at radius 2 is 1.90 bits per heavy atom. The molecule has 1 amide bonds. The van der Waals surface area contributed by atoms with Crippen LogP contribution >= 0.6 is 0 Å². The van der Waals surface area contributed by atoms with E-state index >= 15 is 0 Å². The minimum Gasteiger partial charge on any atom is -0.358 e. The number of benzene rings is 1. The number of fused-ring (bicyclic) bond motifs is 3. The summed E-state index contributed by atoms with van der Waals surface area (Å²) in [5, 5.41) is 1.28. The molecular weight excluding hydrogens is 358 g/mol. The fourth-order valence-electron chi connectivity index (χ4n) is 5.79. The van der Waals surface area contributed by atoms with Crippen molar-refractivity contribution in [1.29, 1.82) is 0 Å². The second-order valence-electron chi connectivity index (χ2n) is 9.76. The Morgan fingerprint density at radius 3 is 2.76 bits per heavy atom. The minimum atomic E-state index is 0.228. The number of likely N-dealkylation sites (tertiary alicyclic amines) is 2. The molecule has 1 atom stereocenters. The van der Waals surface area contributed by atoms with Crippen molar-refractivity contribution in [2.24, 2.45) is 11.8 Å². The van der Waals surface area contributed by atoms with E-state index < -0.39 is 0 Å². The molecule has 1 aromatic heterocycles. The van der Waals surface area contributed by atoms with E-state index in [-0.39, 0.29) is 5.91 Å². The molecule has 2 aliphatic heterocycles. The quantitative estimate of drug-likeness (QED) is 0.826. The number of hydrogen-bond donors (Lipinski definition) is 1. The first-order chi connectivity index (χ1) is 14.2. The Kier molecular flexibility index (Phi) is 5.38. The molecule has 2 fully saturated rings. The molecule has 4 nitrogen and oxygen atoms in total. The molecule has 1 aliphatic carbocycles. The number of amides is 1. The fourth-order valence-corrected chi connectivity index (χ4v) is 5.79. The summed E-state index contributed by atoms with van der Waals surface area (Å²) in [5.74, 6) is 1.73. The van der Waals surface area contributed by atoms with Gasteiger partial charge in [0.05, 0.1) is 11.1 Å². The number of hydrogen-bond acceptors (Lipinski definition) is 2. The van der Waals surface area contributed by atoms with Crippen molar-refractivity contribution < 1.29 is 4.79 Å². The molecule has 0 bridgehead atoms. The maximum absolute atomic E-state index is 13.5. The first-order valence-corrected chi connectivity index (χ1v) is 11.8. The zero-order chi connectivity index (χ0) is 19.8. The lowest BCUT2D eigenvalue weighted by Gasteiger charge is -2.38. The van der Waals surface area contributed by atoms with Gasteiger partial charge in [-0.05, 0) is 87.9 Å². The monoisotopic (exact) mass is 393 g/mol. The van der Waals surface area contributed by atoms with Crippen LogP contribution in [0.3, 0.4) is 0 Å². The molecule has 5 rings (SSSR count). The molecule has 1 unspecified atom stereocenters. The van der Waals surface area contributed by atoms with Gasteiger partial charge < -0.3 is 14.8 Å². The standard InChI is InChI=1S/C25H35N3O/c1-18-11-14-27(15-12-18)16-19-6-5-13-28(17-19)25(29)22-9-4-8-21-20-7-2-3-10-23(20)26-24(21)22/h4,8-9,18-19,26H,2-3,5-7,10-17H2,1H3. The van der Waals surface area contributed by atoms with Gasteiger partial charge in [0.25, 0.3) is 5.91 Å². The van der Waals surface area contributed by atoms with Gasteiger partial charge in [0, 0.05) is 30.7 Å². The van der Waals surface area contributed by atoms with E-state index in [1.807, 2.05) is 6.07 Å². The molecule has 3 aliphatic rings. The van der Waals surface area contributed by atoms with Crippen molar-refractivity contribution in [2.45, 2.75) is 58.3 Å². The Labute approximate surface area is 174 Å². The highest BCUT2D eigenvalue weighted by atomic mass is 16.2. The number of aryl methyl sites for hydroxylation is 2. The van der Waals surface area contributed by atoms with Crippen LogP contribution in [0.4, 0.5) is 0 Å². The van der Waals surface area contributed by atoms with Gasteiger partial charge in [0.15, 0.2) is 0 Å². The zero-order valence-corrected chi connectivity index (χ0v) is 17.9. The highest BCUT2D eigenvalue weighted by Gasteiger charge is 2.28. The summed E-state index contributed by atoms with van der Waals surface area (Å²) in [6.07, 6.45) is 9.84. The van der Waals surface area contributed by atoms with Crippen LogP contribution in [-0.2, 0) is 12.8 Å². The van der Waals surface area contributed by atoms with Crippen molar-refractivity contribution in [3.05, 3.63) is 35.0 Å². The lowest BCUT2D eigenvalue weighted by Crippen LogP contribution is -2.45. The summed E-state index contributed by atoms with van der Waals surface area (Å²) in [6.45, 7) is 7.83. The summed E-state index contributed by atoms with van der Waals surface area (Å²) < 4.78 is 0. The number of aromatic nitrogens is 1. The number of para-hydroxylation sites is 1. The van der Waals surface area contributed by atoms with E-state index in [1.54, 1.807) is 0 Å². The fraction of sp³-hybridized carbons (Fsp3) is 0.640. The normalized spacial score (nSPS) is 24.0. The molecular formula is C25H35N3O. The van der Waals surface area contributed by atoms with E-state index in [4.69, 9.17) is 0 Å². The molecule has 0 radical (unpaired) electrons. The van der Waals surface area contributed by atoms with Gasteiger partial charge in [-0.15, -0.1) is 0 Å². The molecule has 3 heterocycles. The van der Waals surface area contributed by atoms with Gasteiger partial charge in [-0.1, -0.05) is 19.1 Å². The number of aromatic amines is 1. The summed E-state index contributed by atoms with van der Waals surface area (Å²) in [5.41, 5.74) is 4.78. The van der Waals surface area contributed by atoms with E-state index in [2.05, 4.69) is 33.8 Å². The summed E-state index contributed by atoms with van der Waals surface area (Å²) in [6, 6.07) is 6.31. The Balaban J connectivity index is 1.32. The molecule has 29 heavy (non-hydrogen) atoms. The van der Waals surface area contributed by atoms with Crippen molar-refractivity contribution in [2.75, 3.05) is 32.7 Å². The average Bonchev–Trinajstić information content (AvgIpc) is 3.14. The van der Waals surface area contributed by atoms with Crippen LogP contribution in [0.1, 0.15) is 67.1 Å². The highest BCUT2D eigenvalue weighted by Crippen LogP contribution is 2.32. The maximum atomic E-state index is 13.5. The summed E-state index contributed by atoms with van der Waals surface area (Å²) in [4.78, 5) is 21.9. The third-order valence-electron chi connectivity index (χ3n) is 7.56. The van der Waals surface area contributed by atoms with Gasteiger partial charge in [0.2, 0.25) is 0 Å². The highest BCUT2D eigenvalue weighted by molar-refractivity contribution is 6.06. The molecule has 0 saturated carbocycles. The number of piperidine rings is 2. The van der Waals surface area contributed by atoms with E-state index in [0.717, 1.165) is 55.9 Å². The van der Waals surface area contributed by atoms with Crippen LogP contribution in [0, 0.1) is 11.8 Å². The Morgan fingerprint density at radius 1 is 1.07 bits per heavy atom. The van der Waals surface area contributed by atoms with Gasteiger partial charge in [-0.25, -0.2) is 0 Å². The summed E-state index contributed by atoms with van der Waals surface area (Å²) >= 11 is 0. The Bertz CT molecular complexity index is 878. The first-order valence-electron chi connectivity index (χ1n) is 11.8. The number of carbonyl (C=O) groups is 1. The number of H-pyrrole nitrogens is 1. The van der Waals surface area contributed by atoms with E-state index in [0.29, 0.717) is 5.92 Å². The van der Waals surface area contributed by atoms with Crippen molar-refractivity contribution in [3.8, 4) is 0 Å². The predicted octanol–water partition coefficient (Wildman–Crippen LogP) is 4.63. The number of carbonyl (C=O) groups excluding carboxylic acids is 1. The lowest BCUT2D eigenvalue weighted by atomic mass is 9.93. The predicted molar refractivity (Wildman–Crippen MR) is 118 cm³/mol. The number of rotatable bonds is 3. The second-order valence-corrected chi connectivity index (χ2v) is 9.76. The minimum absolute atomic E-state index is 0.228. The van der Waals surface area contributed by atoms with Gasteiger partial charge in [0.1, 0.15) is 0 Å². The zero-order valence-electron chi connectivity index (χ0n) is 17.9. The van der Waals surface area contributed by atoms with Crippen LogP contribution in [0.2, 0.25) is 0 Å². The van der Waals surface area contributed by atoms with Gasteiger partial charge in [-0.3, -0.25) is 4.79 Å². The van der Waals surface area contributed by atoms with Crippen LogP contribution in [0.25, 0.3) is 10.9 Å². The van der Waals surface area contributed by atoms with Gasteiger partial charge in [-0.2, -0.15) is 0 Å². The van der Waals surface area contributed by atoms with Crippen molar-refractivity contribution >= 4 is 16.8 Å². The third-order valence-corrected chi connectivity index (χ3v) is 7.56. The third kappa shape index (κ3) is 3.84. The SMILES string of the molecule is CC1CCN(CC2CCCN(C(=O)c3cccc4c5c([nH]c34)CCCC5)C2)CC1. The average molecular weight is 394 g/mol. The van der Waals surface area contributed by atoms with Crippen LogP contribution in [0.5, 0.6) is 0 Å². The van der Waals surface area contributed by atoms with Crippen molar-refractivity contribution in [3.63, 3.8) is 0 Å². The van der Waals surface area contributed by atoms with Crippen LogP contribution < -0.4 is 0 Å². The molecule has 2 saturated heterocycles. The summed E-state index contributed by atoms with van der Waals surface area (Å²) in [7, 11) is 0. The van der Waals surface area contributed by atoms with Crippen LogP contribution in [-0.4, -0.2) is 53.4 Å². The van der Waals surface area contributed by atoms with Crippen LogP contribution in [0.15, 0.2) is 18.2 Å². The molecule has 0 spiro atoms. The number of nitrogens with zero attached hydrogens (tertiary/aromatic N) is 2. The molecule has 2 aromatic rings. The topological polar surface area (TPSA) is 39.3 Å². The van der Waals surface area contributed by atoms with E-state index in [1.165, 1.54) is 61.8 Å². The largest absolute Gasteiger partial charge is 0.358 e. The van der Waals surface area contributed by atoms with Crippen molar-refractivity contribution in [1.82, 2.24) is 14.8 Å². The molecule has 1 N–H and O–H groups in total.